The lowest BCUT2D eigenvalue weighted by Crippen LogP contribution is -2.42. The lowest BCUT2D eigenvalue weighted by Gasteiger charge is -2.37. The van der Waals surface area contributed by atoms with E-state index < -0.39 is 0 Å². The van der Waals surface area contributed by atoms with Crippen molar-refractivity contribution in [2.24, 2.45) is 0 Å². The number of carbonyl (C=O) groups is 1. The Morgan fingerprint density at radius 1 is 0.970 bits per heavy atom. The molecule has 0 bridgehead atoms. The van der Waals surface area contributed by atoms with Crippen molar-refractivity contribution in [2.45, 2.75) is 12.5 Å². The van der Waals surface area contributed by atoms with E-state index in [1.165, 1.54) is 0 Å². The highest BCUT2D eigenvalue weighted by molar-refractivity contribution is 5.94. The van der Waals surface area contributed by atoms with Crippen LogP contribution in [0.1, 0.15) is 27.5 Å². The minimum Gasteiger partial charge on any atom is -0.493 e. The second kappa shape index (κ2) is 9.86. The third-order valence-corrected chi connectivity index (χ3v) is 6.05. The highest BCUT2D eigenvalue weighted by Gasteiger charge is 2.33. The number of fused-ring (bicyclic) bond motifs is 1. The molecule has 0 aliphatic carbocycles. The number of amides is 1. The molecule has 1 heterocycles. The normalized spacial score (nSPS) is 14.9. The van der Waals surface area contributed by atoms with Crippen LogP contribution in [0.3, 0.4) is 0 Å². The predicted octanol–water partition coefficient (Wildman–Crippen LogP) is 4.59. The van der Waals surface area contributed by atoms with Gasteiger partial charge in [-0.1, -0.05) is 18.2 Å². The molecule has 1 amide bonds. The molecule has 0 spiro atoms. The monoisotopic (exact) mass is 446 g/mol. The molecule has 0 saturated carbocycles. The van der Waals surface area contributed by atoms with Gasteiger partial charge in [-0.2, -0.15) is 0 Å². The summed E-state index contributed by atoms with van der Waals surface area (Å²) in [5, 5.41) is 0. The molecular formula is C27H30N2O4. The molecule has 1 unspecified atom stereocenters. The Hall–Kier alpha value is -3.67. The van der Waals surface area contributed by atoms with Crippen LogP contribution in [0.25, 0.3) is 0 Å². The topological polar surface area (TPSA) is 51.2 Å². The van der Waals surface area contributed by atoms with E-state index in [4.69, 9.17) is 14.2 Å². The fourth-order valence-electron chi connectivity index (χ4n) is 4.21. The van der Waals surface area contributed by atoms with Gasteiger partial charge in [-0.05, 0) is 66.1 Å². The quantitative estimate of drug-likeness (QED) is 0.531. The number of rotatable bonds is 7. The summed E-state index contributed by atoms with van der Waals surface area (Å²) in [6, 6.07) is 21.1. The van der Waals surface area contributed by atoms with Gasteiger partial charge in [0, 0.05) is 31.9 Å². The summed E-state index contributed by atoms with van der Waals surface area (Å²) < 4.78 is 17.3. The van der Waals surface area contributed by atoms with E-state index in [9.17, 15) is 4.79 Å². The molecule has 6 nitrogen and oxygen atoms in total. The van der Waals surface area contributed by atoms with E-state index in [0.29, 0.717) is 30.2 Å². The first-order valence-electron chi connectivity index (χ1n) is 11.0. The van der Waals surface area contributed by atoms with Gasteiger partial charge in [0.1, 0.15) is 12.4 Å². The zero-order valence-electron chi connectivity index (χ0n) is 19.6. The predicted molar refractivity (Wildman–Crippen MR) is 130 cm³/mol. The number of benzene rings is 3. The van der Waals surface area contributed by atoms with Gasteiger partial charge >= 0.3 is 0 Å². The van der Waals surface area contributed by atoms with Gasteiger partial charge < -0.3 is 24.0 Å². The third kappa shape index (κ3) is 4.75. The van der Waals surface area contributed by atoms with Gasteiger partial charge in [0.2, 0.25) is 0 Å². The van der Waals surface area contributed by atoms with Gasteiger partial charge in [-0.3, -0.25) is 4.79 Å². The molecule has 3 aromatic rings. The number of anilines is 1. The Morgan fingerprint density at radius 2 is 1.64 bits per heavy atom. The number of hydrogen-bond acceptors (Lipinski definition) is 5. The first-order valence-corrected chi connectivity index (χ1v) is 11.0. The molecule has 4 rings (SSSR count). The SMILES string of the molecule is COc1cc2c(cc1OC)C(COc1ccc(N(C)C)cc1)N(C(=O)c1ccccc1)CC2. The van der Waals surface area contributed by atoms with Crippen molar-refractivity contribution in [3.05, 3.63) is 83.4 Å². The van der Waals surface area contributed by atoms with Crippen molar-refractivity contribution in [1.82, 2.24) is 4.90 Å². The first-order chi connectivity index (χ1) is 16.0. The fraction of sp³-hybridized carbons (Fsp3) is 0.296. The largest absolute Gasteiger partial charge is 0.493 e. The van der Waals surface area contributed by atoms with Crippen molar-refractivity contribution in [3.63, 3.8) is 0 Å². The van der Waals surface area contributed by atoms with Crippen molar-refractivity contribution in [2.75, 3.05) is 46.4 Å². The maximum Gasteiger partial charge on any atom is 0.254 e. The highest BCUT2D eigenvalue weighted by atomic mass is 16.5. The van der Waals surface area contributed by atoms with Crippen LogP contribution in [-0.2, 0) is 6.42 Å². The molecule has 1 aliphatic heterocycles. The summed E-state index contributed by atoms with van der Waals surface area (Å²) in [7, 11) is 7.27. The van der Waals surface area contributed by atoms with Crippen molar-refractivity contribution in [1.29, 1.82) is 0 Å². The van der Waals surface area contributed by atoms with E-state index in [2.05, 4.69) is 0 Å². The maximum atomic E-state index is 13.4. The molecule has 0 N–H and O–H groups in total. The molecule has 3 aromatic carbocycles. The summed E-state index contributed by atoms with van der Waals surface area (Å²) in [4.78, 5) is 17.4. The molecular weight excluding hydrogens is 416 g/mol. The summed E-state index contributed by atoms with van der Waals surface area (Å²) in [6.45, 7) is 0.937. The zero-order valence-corrected chi connectivity index (χ0v) is 19.6. The maximum absolute atomic E-state index is 13.4. The van der Waals surface area contributed by atoms with Gasteiger partial charge in [0.15, 0.2) is 11.5 Å². The Bertz CT molecular complexity index is 1100. The van der Waals surface area contributed by atoms with Crippen LogP contribution in [0.4, 0.5) is 5.69 Å². The van der Waals surface area contributed by atoms with Gasteiger partial charge in [-0.25, -0.2) is 0 Å². The highest BCUT2D eigenvalue weighted by Crippen LogP contribution is 2.39. The van der Waals surface area contributed by atoms with Crippen LogP contribution < -0.4 is 19.1 Å². The van der Waals surface area contributed by atoms with Crippen LogP contribution in [-0.4, -0.2) is 52.3 Å². The van der Waals surface area contributed by atoms with Gasteiger partial charge in [0.05, 0.1) is 20.3 Å². The van der Waals surface area contributed by atoms with Crippen molar-refractivity contribution >= 4 is 11.6 Å². The van der Waals surface area contributed by atoms with Gasteiger partial charge in [0.25, 0.3) is 5.91 Å². The van der Waals surface area contributed by atoms with E-state index in [0.717, 1.165) is 29.0 Å². The number of carbonyl (C=O) groups excluding carboxylic acids is 1. The first kappa shape index (κ1) is 22.5. The number of ether oxygens (including phenoxy) is 3. The standard InChI is InChI=1S/C27H30N2O4/c1-28(2)21-10-12-22(13-11-21)33-18-24-23-17-26(32-4)25(31-3)16-20(23)14-15-29(24)27(30)19-8-6-5-7-9-19/h5-13,16-17,24H,14-15,18H2,1-4H3. The summed E-state index contributed by atoms with van der Waals surface area (Å²) >= 11 is 0. The lowest BCUT2D eigenvalue weighted by atomic mass is 9.91. The summed E-state index contributed by atoms with van der Waals surface area (Å²) in [5.74, 6) is 2.09. The average molecular weight is 447 g/mol. The fourth-order valence-corrected chi connectivity index (χ4v) is 4.21. The van der Waals surface area contributed by atoms with E-state index >= 15 is 0 Å². The molecule has 1 aliphatic rings. The smallest absolute Gasteiger partial charge is 0.254 e. The van der Waals surface area contributed by atoms with E-state index in [1.54, 1.807) is 14.2 Å². The molecule has 1 atom stereocenters. The van der Waals surface area contributed by atoms with E-state index in [1.807, 2.05) is 90.6 Å². The molecule has 0 saturated heterocycles. The Morgan fingerprint density at radius 3 is 2.27 bits per heavy atom. The second-order valence-corrected chi connectivity index (χ2v) is 8.24. The molecule has 6 heteroatoms. The Kier molecular flexibility index (Phi) is 6.73. The third-order valence-electron chi connectivity index (χ3n) is 6.05. The second-order valence-electron chi connectivity index (χ2n) is 8.24. The van der Waals surface area contributed by atoms with Crippen LogP contribution in [0.5, 0.6) is 17.2 Å². The van der Waals surface area contributed by atoms with E-state index in [-0.39, 0.29) is 11.9 Å². The number of nitrogens with zero attached hydrogens (tertiary/aromatic N) is 2. The van der Waals surface area contributed by atoms with Crippen molar-refractivity contribution < 1.29 is 19.0 Å². The Labute approximate surface area is 195 Å². The summed E-state index contributed by atoms with van der Waals surface area (Å²) in [6.07, 6.45) is 0.738. The van der Waals surface area contributed by atoms with Gasteiger partial charge in [-0.15, -0.1) is 0 Å². The van der Waals surface area contributed by atoms with Crippen LogP contribution in [0.15, 0.2) is 66.7 Å². The Balaban J connectivity index is 1.66. The molecule has 33 heavy (non-hydrogen) atoms. The number of hydrogen-bond donors (Lipinski definition) is 0. The molecule has 0 fully saturated rings. The minimum absolute atomic E-state index is 0.00686. The molecule has 0 radical (unpaired) electrons. The van der Waals surface area contributed by atoms with Crippen LogP contribution >= 0.6 is 0 Å². The molecule has 0 aromatic heterocycles. The zero-order chi connectivity index (χ0) is 23.4. The lowest BCUT2D eigenvalue weighted by molar-refractivity contribution is 0.0589. The van der Waals surface area contributed by atoms with Crippen LogP contribution in [0, 0.1) is 0 Å². The molecule has 172 valence electrons. The average Bonchev–Trinajstić information content (AvgIpc) is 2.86. The summed E-state index contributed by atoms with van der Waals surface area (Å²) in [5.41, 5.74) is 3.93. The minimum atomic E-state index is -0.255. The number of methoxy groups -OCH3 is 2. The van der Waals surface area contributed by atoms with Crippen LogP contribution in [0.2, 0.25) is 0 Å². The van der Waals surface area contributed by atoms with Crippen molar-refractivity contribution in [3.8, 4) is 17.2 Å².